The Morgan fingerprint density at radius 2 is 2.47 bits per heavy atom. The molecule has 0 unspecified atom stereocenters. The topological polar surface area (TPSA) is 53.4 Å². The highest BCUT2D eigenvalue weighted by atomic mass is 32.1. The van der Waals surface area contributed by atoms with Crippen molar-refractivity contribution in [3.63, 3.8) is 0 Å². The molecule has 0 saturated heterocycles. The lowest BCUT2D eigenvalue weighted by Crippen LogP contribution is -2.25. The van der Waals surface area contributed by atoms with E-state index in [1.165, 1.54) is 24.2 Å². The summed E-state index contributed by atoms with van der Waals surface area (Å²) in [6, 6.07) is 0.699. The van der Waals surface area contributed by atoms with Crippen molar-refractivity contribution in [3.05, 3.63) is 16.1 Å². The Labute approximate surface area is 92.6 Å². The number of aromatic nitrogens is 1. The summed E-state index contributed by atoms with van der Waals surface area (Å²) in [6.07, 6.45) is 2.54. The van der Waals surface area contributed by atoms with Crippen molar-refractivity contribution in [1.82, 2.24) is 9.88 Å². The highest BCUT2D eigenvalue weighted by molar-refractivity contribution is 7.11. The summed E-state index contributed by atoms with van der Waals surface area (Å²) in [5.41, 5.74) is 0.881. The fourth-order valence-electron chi connectivity index (χ4n) is 1.62. The lowest BCUT2D eigenvalue weighted by Gasteiger charge is -2.17. The lowest BCUT2D eigenvalue weighted by atomic mass is 10.4. The van der Waals surface area contributed by atoms with E-state index in [0.717, 1.165) is 18.8 Å². The molecule has 2 rings (SSSR count). The summed E-state index contributed by atoms with van der Waals surface area (Å²) in [5, 5.41) is 10.8. The van der Waals surface area contributed by atoms with Gasteiger partial charge in [0, 0.05) is 18.0 Å². The summed E-state index contributed by atoms with van der Waals surface area (Å²) in [6.45, 7) is 3.92. The van der Waals surface area contributed by atoms with Gasteiger partial charge in [-0.3, -0.25) is 4.90 Å². The van der Waals surface area contributed by atoms with Crippen LogP contribution in [-0.2, 0) is 6.54 Å². The molecule has 1 aromatic heterocycles. The molecule has 0 aliphatic heterocycles. The molecule has 1 fully saturated rings. The largest absolute Gasteiger partial charge is 0.476 e. The smallest absolute Gasteiger partial charge is 0.365 e. The number of carboxylic acids is 1. The molecule has 1 saturated carbocycles. The first kappa shape index (κ1) is 10.6. The van der Waals surface area contributed by atoms with Crippen LogP contribution in [0.15, 0.2) is 5.38 Å². The first-order valence-electron chi connectivity index (χ1n) is 5.12. The average Bonchev–Trinajstić information content (AvgIpc) is 2.94. The molecule has 1 aliphatic carbocycles. The minimum Gasteiger partial charge on any atom is -0.476 e. The third-order valence-electron chi connectivity index (χ3n) is 2.57. The number of carboxylic acid groups (broad SMARTS) is 1. The van der Waals surface area contributed by atoms with Gasteiger partial charge in [-0.1, -0.05) is 6.92 Å². The fraction of sp³-hybridized carbons (Fsp3) is 0.600. The predicted octanol–water partition coefficient (Wildman–Crippen LogP) is 1.83. The molecule has 4 nitrogen and oxygen atoms in total. The van der Waals surface area contributed by atoms with E-state index in [-0.39, 0.29) is 5.01 Å². The maximum Gasteiger partial charge on any atom is 0.365 e. The summed E-state index contributed by atoms with van der Waals surface area (Å²) >= 11 is 1.20. The van der Waals surface area contributed by atoms with Crippen molar-refractivity contribution in [3.8, 4) is 0 Å². The van der Waals surface area contributed by atoms with E-state index in [9.17, 15) is 4.79 Å². The zero-order valence-electron chi connectivity index (χ0n) is 8.64. The van der Waals surface area contributed by atoms with E-state index in [4.69, 9.17) is 5.11 Å². The van der Waals surface area contributed by atoms with Gasteiger partial charge in [0.1, 0.15) is 0 Å². The Morgan fingerprint density at radius 3 is 2.93 bits per heavy atom. The van der Waals surface area contributed by atoms with E-state index in [0.29, 0.717) is 6.04 Å². The minimum absolute atomic E-state index is 0.192. The molecular weight excluding hydrogens is 212 g/mol. The molecule has 1 aromatic rings. The summed E-state index contributed by atoms with van der Waals surface area (Å²) in [7, 11) is 0. The fourth-order valence-corrected chi connectivity index (χ4v) is 2.27. The Bertz CT molecular complexity index is 360. The molecule has 15 heavy (non-hydrogen) atoms. The van der Waals surface area contributed by atoms with Crippen molar-refractivity contribution in [2.45, 2.75) is 32.4 Å². The van der Waals surface area contributed by atoms with Crippen molar-refractivity contribution >= 4 is 17.3 Å². The van der Waals surface area contributed by atoms with Crippen LogP contribution in [0.5, 0.6) is 0 Å². The van der Waals surface area contributed by atoms with Crippen LogP contribution in [0.25, 0.3) is 0 Å². The van der Waals surface area contributed by atoms with Crippen LogP contribution >= 0.6 is 11.3 Å². The molecule has 1 N–H and O–H groups in total. The van der Waals surface area contributed by atoms with Gasteiger partial charge in [0.2, 0.25) is 5.01 Å². The Morgan fingerprint density at radius 1 is 1.73 bits per heavy atom. The van der Waals surface area contributed by atoms with Crippen LogP contribution in [0.1, 0.15) is 35.3 Å². The first-order chi connectivity index (χ1) is 7.20. The lowest BCUT2D eigenvalue weighted by molar-refractivity contribution is 0.0696. The molecule has 1 aliphatic rings. The zero-order valence-corrected chi connectivity index (χ0v) is 9.46. The number of hydrogen-bond acceptors (Lipinski definition) is 4. The normalized spacial score (nSPS) is 15.9. The molecule has 0 spiro atoms. The van der Waals surface area contributed by atoms with Crippen LogP contribution in [-0.4, -0.2) is 33.5 Å². The van der Waals surface area contributed by atoms with Gasteiger partial charge in [-0.05, 0) is 19.4 Å². The van der Waals surface area contributed by atoms with Crippen molar-refractivity contribution in [2.24, 2.45) is 0 Å². The van der Waals surface area contributed by atoms with Gasteiger partial charge in [-0.25, -0.2) is 9.78 Å². The molecular formula is C10H14N2O2S. The van der Waals surface area contributed by atoms with E-state index in [2.05, 4.69) is 16.8 Å². The number of rotatable bonds is 5. The van der Waals surface area contributed by atoms with E-state index >= 15 is 0 Å². The molecule has 0 bridgehead atoms. The molecule has 0 atom stereocenters. The monoisotopic (exact) mass is 226 g/mol. The number of hydrogen-bond donors (Lipinski definition) is 1. The van der Waals surface area contributed by atoms with E-state index in [1.54, 1.807) is 0 Å². The van der Waals surface area contributed by atoms with Crippen LogP contribution < -0.4 is 0 Å². The van der Waals surface area contributed by atoms with Gasteiger partial charge in [0.15, 0.2) is 0 Å². The second kappa shape index (κ2) is 4.28. The Balaban J connectivity index is 1.99. The molecule has 0 radical (unpaired) electrons. The summed E-state index contributed by atoms with van der Waals surface area (Å²) in [4.78, 5) is 17.1. The maximum absolute atomic E-state index is 10.7. The SMILES string of the molecule is CCN(Cc1csc(C(=O)O)n1)C1CC1. The second-order valence-corrected chi connectivity index (χ2v) is 4.60. The van der Waals surface area contributed by atoms with Gasteiger partial charge in [0.05, 0.1) is 5.69 Å². The highest BCUT2D eigenvalue weighted by Gasteiger charge is 2.28. The second-order valence-electron chi connectivity index (χ2n) is 3.74. The van der Waals surface area contributed by atoms with E-state index in [1.807, 2.05) is 5.38 Å². The van der Waals surface area contributed by atoms with Gasteiger partial charge in [-0.15, -0.1) is 11.3 Å². The van der Waals surface area contributed by atoms with Gasteiger partial charge < -0.3 is 5.11 Å². The van der Waals surface area contributed by atoms with E-state index < -0.39 is 5.97 Å². The van der Waals surface area contributed by atoms with Gasteiger partial charge >= 0.3 is 5.97 Å². The molecule has 5 heteroatoms. The molecule has 82 valence electrons. The molecule has 0 amide bonds. The summed E-state index contributed by atoms with van der Waals surface area (Å²) < 4.78 is 0. The number of carbonyl (C=O) groups is 1. The zero-order chi connectivity index (χ0) is 10.8. The van der Waals surface area contributed by atoms with Crippen LogP contribution in [0.4, 0.5) is 0 Å². The first-order valence-corrected chi connectivity index (χ1v) is 6.00. The van der Waals surface area contributed by atoms with Crippen molar-refractivity contribution < 1.29 is 9.90 Å². The van der Waals surface area contributed by atoms with Crippen LogP contribution in [0.2, 0.25) is 0 Å². The molecule has 1 heterocycles. The number of nitrogens with zero attached hydrogens (tertiary/aromatic N) is 2. The van der Waals surface area contributed by atoms with Crippen molar-refractivity contribution in [1.29, 1.82) is 0 Å². The third kappa shape index (κ3) is 2.54. The Hall–Kier alpha value is -0.940. The van der Waals surface area contributed by atoms with Crippen LogP contribution in [0.3, 0.4) is 0 Å². The summed E-state index contributed by atoms with van der Waals surface area (Å²) in [5.74, 6) is -0.930. The highest BCUT2D eigenvalue weighted by Crippen LogP contribution is 2.28. The van der Waals surface area contributed by atoms with Gasteiger partial charge in [-0.2, -0.15) is 0 Å². The van der Waals surface area contributed by atoms with Gasteiger partial charge in [0.25, 0.3) is 0 Å². The standard InChI is InChI=1S/C10H14N2O2S/c1-2-12(8-3-4-8)5-7-6-15-9(11-7)10(13)14/h6,8H,2-5H2,1H3,(H,13,14). The third-order valence-corrected chi connectivity index (χ3v) is 3.45. The van der Waals surface area contributed by atoms with Crippen LogP contribution in [0, 0.1) is 0 Å². The average molecular weight is 226 g/mol. The number of thiazole rings is 1. The van der Waals surface area contributed by atoms with Crippen molar-refractivity contribution in [2.75, 3.05) is 6.54 Å². The maximum atomic E-state index is 10.7. The Kier molecular flexibility index (Phi) is 3.02. The quantitative estimate of drug-likeness (QED) is 0.832. The molecule has 0 aromatic carbocycles. The predicted molar refractivity (Wildman–Crippen MR) is 58.2 cm³/mol. The minimum atomic E-state index is -0.930. The number of aromatic carboxylic acids is 1.